The summed E-state index contributed by atoms with van der Waals surface area (Å²) in [6.45, 7) is 2.10. The summed E-state index contributed by atoms with van der Waals surface area (Å²) in [6, 6.07) is 13.0. The number of hydrogen-bond donors (Lipinski definition) is 3. The second-order valence-electron chi connectivity index (χ2n) is 10.2. The second-order valence-corrected chi connectivity index (χ2v) is 10.2. The molecule has 3 aromatic carbocycles. The predicted molar refractivity (Wildman–Crippen MR) is 148 cm³/mol. The Hall–Kier alpha value is -4.53. The Morgan fingerprint density at radius 1 is 0.975 bits per heavy atom. The molecule has 7 nitrogen and oxygen atoms in total. The first-order valence-electron chi connectivity index (χ1n) is 13.1. The average molecular weight is 546 g/mol. The summed E-state index contributed by atoms with van der Waals surface area (Å²) in [7, 11) is 1.48. The highest BCUT2D eigenvalue weighted by molar-refractivity contribution is 6.12. The van der Waals surface area contributed by atoms with Gasteiger partial charge in [-0.25, -0.2) is 8.78 Å². The van der Waals surface area contributed by atoms with Gasteiger partial charge in [0.25, 0.3) is 11.8 Å². The molecular weight excluding hydrogens is 516 g/mol. The van der Waals surface area contributed by atoms with Crippen LogP contribution in [-0.4, -0.2) is 30.8 Å². The van der Waals surface area contributed by atoms with Gasteiger partial charge in [-0.1, -0.05) is 19.4 Å². The van der Waals surface area contributed by atoms with Crippen molar-refractivity contribution < 1.29 is 27.6 Å². The van der Waals surface area contributed by atoms with Crippen LogP contribution in [0.1, 0.15) is 52.5 Å². The Kier molecular flexibility index (Phi) is 7.38. The largest absolute Gasteiger partial charge is 0.455 e. The van der Waals surface area contributed by atoms with Crippen LogP contribution in [0.5, 0.6) is 0 Å². The number of benzene rings is 3. The number of amides is 3. The zero-order valence-electron chi connectivity index (χ0n) is 22.1. The molecule has 9 heteroatoms. The quantitative estimate of drug-likeness (QED) is 0.277. The minimum absolute atomic E-state index is 0.00760. The lowest BCUT2D eigenvalue weighted by molar-refractivity contribution is -0.117. The molecule has 0 atom stereocenters. The van der Waals surface area contributed by atoms with Crippen LogP contribution >= 0.6 is 0 Å². The summed E-state index contributed by atoms with van der Waals surface area (Å²) in [5.41, 5.74) is 7.87. The molecule has 1 heterocycles. The lowest BCUT2D eigenvalue weighted by Gasteiger charge is -2.35. The zero-order chi connectivity index (χ0) is 28.6. The first-order valence-corrected chi connectivity index (χ1v) is 13.1. The van der Waals surface area contributed by atoms with Gasteiger partial charge in [-0.2, -0.15) is 0 Å². The number of halogens is 2. The van der Waals surface area contributed by atoms with Crippen LogP contribution in [0.4, 0.5) is 8.78 Å². The maximum absolute atomic E-state index is 14.8. The zero-order valence-corrected chi connectivity index (χ0v) is 22.1. The van der Waals surface area contributed by atoms with Gasteiger partial charge in [0.15, 0.2) is 0 Å². The molecule has 1 aliphatic rings. The van der Waals surface area contributed by atoms with Gasteiger partial charge in [-0.05, 0) is 84.0 Å². The van der Waals surface area contributed by atoms with Crippen molar-refractivity contribution in [3.05, 3.63) is 82.9 Å². The van der Waals surface area contributed by atoms with E-state index in [0.29, 0.717) is 39.1 Å². The summed E-state index contributed by atoms with van der Waals surface area (Å²) >= 11 is 0. The van der Waals surface area contributed by atoms with Crippen LogP contribution in [0, 0.1) is 17.6 Å². The molecular formula is C31H29F2N3O4. The fraction of sp³-hybridized carbons (Fsp3) is 0.258. The molecule has 0 bridgehead atoms. The highest BCUT2D eigenvalue weighted by Gasteiger charge is 2.30. The van der Waals surface area contributed by atoms with Crippen LogP contribution in [0.15, 0.2) is 59.0 Å². The fourth-order valence-electron chi connectivity index (χ4n) is 5.26. The highest BCUT2D eigenvalue weighted by atomic mass is 19.1. The van der Waals surface area contributed by atoms with Gasteiger partial charge in [0.05, 0.1) is 17.5 Å². The van der Waals surface area contributed by atoms with Crippen LogP contribution in [0.25, 0.3) is 33.4 Å². The Labute approximate surface area is 229 Å². The molecule has 0 aliphatic heterocycles. The summed E-state index contributed by atoms with van der Waals surface area (Å²) < 4.78 is 34.5. The molecule has 5 rings (SSSR count). The van der Waals surface area contributed by atoms with Gasteiger partial charge < -0.3 is 20.8 Å². The van der Waals surface area contributed by atoms with E-state index in [4.69, 9.17) is 10.2 Å². The van der Waals surface area contributed by atoms with Crippen molar-refractivity contribution in [1.29, 1.82) is 0 Å². The van der Waals surface area contributed by atoms with Crippen molar-refractivity contribution in [2.45, 2.75) is 38.6 Å². The van der Waals surface area contributed by atoms with E-state index in [1.165, 1.54) is 49.5 Å². The number of nitrogens with two attached hydrogens (primary N) is 1. The van der Waals surface area contributed by atoms with Gasteiger partial charge >= 0.3 is 0 Å². The minimum Gasteiger partial charge on any atom is -0.455 e. The molecule has 4 aromatic rings. The fourth-order valence-corrected chi connectivity index (χ4v) is 5.26. The Morgan fingerprint density at radius 3 is 2.33 bits per heavy atom. The van der Waals surface area contributed by atoms with Crippen molar-refractivity contribution in [2.24, 2.45) is 11.7 Å². The van der Waals surface area contributed by atoms with E-state index in [-0.39, 0.29) is 29.3 Å². The van der Waals surface area contributed by atoms with Crippen LogP contribution in [-0.2, 0) is 11.2 Å². The third kappa shape index (κ3) is 5.19. The topological polar surface area (TPSA) is 114 Å². The van der Waals surface area contributed by atoms with Crippen molar-refractivity contribution in [1.82, 2.24) is 10.6 Å². The number of hydrogen-bond acceptors (Lipinski definition) is 4. The normalized spacial score (nSPS) is 16.4. The van der Waals surface area contributed by atoms with E-state index in [1.807, 2.05) is 0 Å². The smallest absolute Gasteiger partial charge is 0.255 e. The third-order valence-corrected chi connectivity index (χ3v) is 7.51. The average Bonchev–Trinajstić information content (AvgIpc) is 3.28. The van der Waals surface area contributed by atoms with Crippen molar-refractivity contribution >= 4 is 28.7 Å². The minimum atomic E-state index is -0.668. The van der Waals surface area contributed by atoms with E-state index in [9.17, 15) is 23.2 Å². The molecule has 1 aromatic heterocycles. The first kappa shape index (κ1) is 27.1. The number of nitrogens with one attached hydrogen (secondary N) is 2. The Morgan fingerprint density at radius 2 is 1.68 bits per heavy atom. The van der Waals surface area contributed by atoms with E-state index in [0.717, 1.165) is 19.3 Å². The van der Waals surface area contributed by atoms with Crippen molar-refractivity contribution in [2.75, 3.05) is 7.05 Å². The molecule has 0 saturated heterocycles. The molecule has 1 fully saturated rings. The van der Waals surface area contributed by atoms with Crippen LogP contribution in [0.3, 0.4) is 0 Å². The summed E-state index contributed by atoms with van der Waals surface area (Å²) in [5, 5.41) is 5.94. The van der Waals surface area contributed by atoms with Gasteiger partial charge in [-0.3, -0.25) is 14.4 Å². The molecule has 1 saturated carbocycles. The number of furan rings is 1. The van der Waals surface area contributed by atoms with Gasteiger partial charge in [0, 0.05) is 24.0 Å². The van der Waals surface area contributed by atoms with Crippen LogP contribution < -0.4 is 16.4 Å². The summed E-state index contributed by atoms with van der Waals surface area (Å²) in [4.78, 5) is 38.0. The standard InChI is InChI=1S/C31H29F2N3O4/c1-3-16-10-21(11-16)36-30(38)23-12-18(6-9-25(23)33)22-15-24-26(13-19(22)14-27(34)37)40-29(28(24)31(39)35-2)17-4-7-20(32)8-5-17/h4-9,12-13,15-16,21H,3,10-11,14H2,1-2H3,(H2,34,37)(H,35,39)(H,36,38). The molecule has 3 amide bonds. The van der Waals surface area contributed by atoms with Crippen molar-refractivity contribution in [3.63, 3.8) is 0 Å². The lowest BCUT2D eigenvalue weighted by atomic mass is 9.78. The summed E-state index contributed by atoms with van der Waals surface area (Å²) in [5.74, 6) is -1.87. The number of fused-ring (bicyclic) bond motifs is 1. The van der Waals surface area contributed by atoms with Crippen LogP contribution in [0.2, 0.25) is 0 Å². The molecule has 4 N–H and O–H groups in total. The van der Waals surface area contributed by atoms with Gasteiger partial charge in [-0.15, -0.1) is 0 Å². The molecule has 0 unspecified atom stereocenters. The van der Waals surface area contributed by atoms with Gasteiger partial charge in [0.2, 0.25) is 5.91 Å². The maximum atomic E-state index is 14.8. The van der Waals surface area contributed by atoms with Crippen molar-refractivity contribution in [3.8, 4) is 22.5 Å². The number of carbonyl (C=O) groups excluding carboxylic acids is 3. The van der Waals surface area contributed by atoms with E-state index >= 15 is 0 Å². The molecule has 0 radical (unpaired) electrons. The Bertz CT molecular complexity index is 1620. The van der Waals surface area contributed by atoms with Gasteiger partial charge in [0.1, 0.15) is 23.0 Å². The van der Waals surface area contributed by atoms with E-state index in [2.05, 4.69) is 17.6 Å². The van der Waals surface area contributed by atoms with E-state index < -0.39 is 29.4 Å². The SMILES string of the molecule is CCC1CC(NC(=O)c2cc(-c3cc4c(C(=O)NC)c(-c5ccc(F)cc5)oc4cc3CC(N)=O)ccc2F)C1. The molecule has 1 aliphatic carbocycles. The predicted octanol–water partition coefficient (Wildman–Crippen LogP) is 5.35. The highest BCUT2D eigenvalue weighted by Crippen LogP contribution is 2.38. The summed E-state index contributed by atoms with van der Waals surface area (Å²) in [6.07, 6.45) is 2.60. The molecule has 40 heavy (non-hydrogen) atoms. The number of primary amides is 1. The maximum Gasteiger partial charge on any atom is 0.255 e. The van der Waals surface area contributed by atoms with E-state index in [1.54, 1.807) is 12.1 Å². The number of rotatable bonds is 8. The monoisotopic (exact) mass is 545 g/mol. The molecule has 0 spiro atoms. The molecule has 206 valence electrons. The lowest BCUT2D eigenvalue weighted by Crippen LogP contribution is -2.44. The Balaban J connectivity index is 1.63. The number of carbonyl (C=O) groups is 3. The third-order valence-electron chi connectivity index (χ3n) is 7.51. The second kappa shape index (κ2) is 10.9. The first-order chi connectivity index (χ1) is 19.2.